The van der Waals surface area contributed by atoms with E-state index in [0.29, 0.717) is 0 Å². The fourth-order valence-electron chi connectivity index (χ4n) is 0. The van der Waals surface area contributed by atoms with Gasteiger partial charge < -0.3 is 0 Å². The molecule has 0 saturated carbocycles. The van der Waals surface area contributed by atoms with Gasteiger partial charge in [-0.3, -0.25) is 4.79 Å². The molecular weight excluding hydrogens is 107 g/mol. The standard InChI is InChI=1S/C4H5FO.C2H6/c1-3(5)4(2)6;1-2/h1H2,2H3;1-2H3. The maximum Gasteiger partial charge on any atom is 0.187 e. The summed E-state index contributed by atoms with van der Waals surface area (Å²) in [5, 5.41) is 0. The number of halogens is 1. The predicted molar refractivity (Wildman–Crippen MR) is 32.3 cm³/mol. The predicted octanol–water partition coefficient (Wildman–Crippen LogP) is 2.08. The number of carbonyl (C=O) groups is 1. The van der Waals surface area contributed by atoms with Crippen molar-refractivity contribution < 1.29 is 9.18 Å². The zero-order valence-electron chi connectivity index (χ0n) is 5.49. The first-order valence-electron chi connectivity index (χ1n) is 2.50. The molecule has 0 atom stereocenters. The van der Waals surface area contributed by atoms with Crippen molar-refractivity contribution in [3.05, 3.63) is 12.4 Å². The lowest BCUT2D eigenvalue weighted by Crippen LogP contribution is -1.84. The van der Waals surface area contributed by atoms with Gasteiger partial charge in [-0.25, -0.2) is 4.39 Å². The van der Waals surface area contributed by atoms with Crippen molar-refractivity contribution in [3.63, 3.8) is 0 Å². The van der Waals surface area contributed by atoms with Crippen LogP contribution in [0.5, 0.6) is 0 Å². The molecule has 0 aliphatic heterocycles. The summed E-state index contributed by atoms with van der Waals surface area (Å²) in [6, 6.07) is 0. The van der Waals surface area contributed by atoms with E-state index in [1.54, 1.807) is 0 Å². The molecule has 0 aromatic heterocycles. The van der Waals surface area contributed by atoms with E-state index < -0.39 is 11.6 Å². The van der Waals surface area contributed by atoms with Gasteiger partial charge in [-0.05, 0) is 0 Å². The zero-order valence-corrected chi connectivity index (χ0v) is 5.49. The molecule has 0 rings (SSSR count). The second-order valence-corrected chi connectivity index (χ2v) is 0.961. The molecule has 0 bridgehead atoms. The van der Waals surface area contributed by atoms with Gasteiger partial charge in [-0.2, -0.15) is 0 Å². The largest absolute Gasteiger partial charge is 0.292 e. The van der Waals surface area contributed by atoms with Gasteiger partial charge in [0, 0.05) is 6.92 Å². The Labute approximate surface area is 49.2 Å². The lowest BCUT2D eigenvalue weighted by Gasteiger charge is -1.75. The Kier molecular flexibility index (Phi) is 8.20. The first-order valence-corrected chi connectivity index (χ1v) is 2.50. The summed E-state index contributed by atoms with van der Waals surface area (Å²) in [5.74, 6) is -1.48. The molecule has 0 aliphatic carbocycles. The summed E-state index contributed by atoms with van der Waals surface area (Å²) < 4.78 is 11.3. The monoisotopic (exact) mass is 118 g/mol. The van der Waals surface area contributed by atoms with Crippen molar-refractivity contribution in [2.45, 2.75) is 20.8 Å². The van der Waals surface area contributed by atoms with E-state index >= 15 is 0 Å². The van der Waals surface area contributed by atoms with E-state index in [2.05, 4.69) is 6.58 Å². The van der Waals surface area contributed by atoms with Gasteiger partial charge >= 0.3 is 0 Å². The van der Waals surface area contributed by atoms with Crippen LogP contribution in [0.3, 0.4) is 0 Å². The van der Waals surface area contributed by atoms with Gasteiger partial charge in [0.05, 0.1) is 0 Å². The van der Waals surface area contributed by atoms with Crippen molar-refractivity contribution in [1.82, 2.24) is 0 Å². The molecule has 0 heterocycles. The van der Waals surface area contributed by atoms with Crippen molar-refractivity contribution in [2.75, 3.05) is 0 Å². The van der Waals surface area contributed by atoms with Crippen LogP contribution < -0.4 is 0 Å². The smallest absolute Gasteiger partial charge is 0.187 e. The average molecular weight is 118 g/mol. The van der Waals surface area contributed by atoms with Crippen LogP contribution in [0.1, 0.15) is 20.8 Å². The average Bonchev–Trinajstić information content (AvgIpc) is 1.72. The minimum atomic E-state index is -0.880. The first kappa shape index (κ1) is 10.3. The number of ketones is 1. The van der Waals surface area contributed by atoms with Crippen LogP contribution in [0.25, 0.3) is 0 Å². The summed E-state index contributed by atoms with van der Waals surface area (Å²) in [6.45, 7) is 7.87. The van der Waals surface area contributed by atoms with Crippen LogP contribution in [0.15, 0.2) is 12.4 Å². The second kappa shape index (κ2) is 6.34. The van der Waals surface area contributed by atoms with Crippen molar-refractivity contribution >= 4 is 5.78 Å². The Morgan fingerprint density at radius 2 is 1.62 bits per heavy atom. The van der Waals surface area contributed by atoms with Crippen LogP contribution >= 0.6 is 0 Å². The number of rotatable bonds is 1. The molecule has 2 heteroatoms. The molecule has 0 radical (unpaired) electrons. The number of carbonyl (C=O) groups excluding carboxylic acids is 1. The normalized spacial score (nSPS) is 6.50. The molecule has 0 aromatic carbocycles. The van der Waals surface area contributed by atoms with E-state index in [9.17, 15) is 9.18 Å². The minimum Gasteiger partial charge on any atom is -0.292 e. The summed E-state index contributed by atoms with van der Waals surface area (Å²) in [6.07, 6.45) is 0. The van der Waals surface area contributed by atoms with Crippen molar-refractivity contribution in [2.24, 2.45) is 0 Å². The van der Waals surface area contributed by atoms with E-state index in [4.69, 9.17) is 0 Å². The van der Waals surface area contributed by atoms with Crippen LogP contribution in [-0.2, 0) is 4.79 Å². The maximum atomic E-state index is 11.3. The van der Waals surface area contributed by atoms with E-state index in [0.717, 1.165) is 6.92 Å². The fraction of sp³-hybridized carbons (Fsp3) is 0.500. The number of Topliss-reactive ketones (excluding diaryl/α,β-unsaturated/α-hetero) is 1. The minimum absolute atomic E-state index is 0.602. The molecule has 0 N–H and O–H groups in total. The fourth-order valence-corrected chi connectivity index (χ4v) is 0. The van der Waals surface area contributed by atoms with Gasteiger partial charge in [0.25, 0.3) is 0 Å². The highest BCUT2D eigenvalue weighted by Crippen LogP contribution is 1.88. The van der Waals surface area contributed by atoms with Crippen LogP contribution in [-0.4, -0.2) is 5.78 Å². The topological polar surface area (TPSA) is 17.1 Å². The van der Waals surface area contributed by atoms with Crippen molar-refractivity contribution in [3.8, 4) is 0 Å². The highest BCUT2D eigenvalue weighted by molar-refractivity contribution is 5.90. The Balaban J connectivity index is 0. The van der Waals surface area contributed by atoms with Gasteiger partial charge in [-0.15, -0.1) is 0 Å². The lowest BCUT2D eigenvalue weighted by atomic mass is 10.4. The molecule has 1 nitrogen and oxygen atoms in total. The Morgan fingerprint density at radius 3 is 1.62 bits per heavy atom. The zero-order chi connectivity index (χ0) is 7.15. The maximum absolute atomic E-state index is 11.3. The summed E-state index contributed by atoms with van der Waals surface area (Å²) in [5.41, 5.74) is 0. The number of hydrogen-bond donors (Lipinski definition) is 0. The third-order valence-corrected chi connectivity index (χ3v) is 0.382. The molecule has 0 unspecified atom stereocenters. The summed E-state index contributed by atoms with van der Waals surface area (Å²) >= 11 is 0. The Bertz CT molecular complexity index is 74.5. The van der Waals surface area contributed by atoms with E-state index in [-0.39, 0.29) is 0 Å². The molecular formula is C6H11FO. The lowest BCUT2D eigenvalue weighted by molar-refractivity contribution is -0.114. The SMILES string of the molecule is C=C(F)C(C)=O.CC. The molecule has 8 heavy (non-hydrogen) atoms. The van der Waals surface area contributed by atoms with Gasteiger partial charge in [-0.1, -0.05) is 20.4 Å². The molecule has 48 valence electrons. The van der Waals surface area contributed by atoms with Gasteiger partial charge in [0.15, 0.2) is 11.6 Å². The highest BCUT2D eigenvalue weighted by atomic mass is 19.1. The van der Waals surface area contributed by atoms with E-state index in [1.165, 1.54) is 0 Å². The molecule has 0 saturated heterocycles. The third kappa shape index (κ3) is 9.02. The molecule has 0 aliphatic rings. The van der Waals surface area contributed by atoms with E-state index in [1.807, 2.05) is 13.8 Å². The molecule has 0 fully saturated rings. The van der Waals surface area contributed by atoms with Crippen LogP contribution in [0.4, 0.5) is 4.39 Å². The Hall–Kier alpha value is -0.660. The highest BCUT2D eigenvalue weighted by Gasteiger charge is 1.91. The second-order valence-electron chi connectivity index (χ2n) is 0.961. The summed E-state index contributed by atoms with van der Waals surface area (Å²) in [4.78, 5) is 9.67. The first-order chi connectivity index (χ1) is 3.64. The third-order valence-electron chi connectivity index (χ3n) is 0.382. The molecule has 0 spiro atoms. The van der Waals surface area contributed by atoms with Crippen LogP contribution in [0.2, 0.25) is 0 Å². The molecule has 0 amide bonds. The van der Waals surface area contributed by atoms with Gasteiger partial charge in [0.1, 0.15) is 0 Å². The molecule has 0 aromatic rings. The van der Waals surface area contributed by atoms with Crippen LogP contribution in [0, 0.1) is 0 Å². The Morgan fingerprint density at radius 1 is 1.50 bits per heavy atom. The number of hydrogen-bond acceptors (Lipinski definition) is 1. The van der Waals surface area contributed by atoms with Gasteiger partial charge in [0.2, 0.25) is 0 Å². The quantitative estimate of drug-likeness (QED) is 0.482. The summed E-state index contributed by atoms with van der Waals surface area (Å²) in [7, 11) is 0. The van der Waals surface area contributed by atoms with Crippen molar-refractivity contribution in [1.29, 1.82) is 0 Å². The number of allylic oxidation sites excluding steroid dienone is 1.